The van der Waals surface area contributed by atoms with Gasteiger partial charge in [0.1, 0.15) is 16.8 Å². The van der Waals surface area contributed by atoms with E-state index in [0.717, 1.165) is 17.6 Å². The Hall–Kier alpha value is -3.40. The van der Waals surface area contributed by atoms with E-state index in [-0.39, 0.29) is 11.9 Å². The molecule has 1 spiro atoms. The van der Waals surface area contributed by atoms with Crippen LogP contribution in [0.25, 0.3) is 11.0 Å². The van der Waals surface area contributed by atoms with E-state index in [0.29, 0.717) is 40.5 Å². The molecule has 6 rings (SSSR count). The molecule has 0 radical (unpaired) electrons. The summed E-state index contributed by atoms with van der Waals surface area (Å²) in [4.78, 5) is 22.7. The van der Waals surface area contributed by atoms with Crippen molar-refractivity contribution in [3.8, 4) is 5.75 Å². The predicted molar refractivity (Wildman–Crippen MR) is 149 cm³/mol. The van der Waals surface area contributed by atoms with E-state index in [1.54, 1.807) is 38.4 Å². The maximum absolute atomic E-state index is 12.3. The Kier molecular flexibility index (Phi) is 7.69. The Morgan fingerprint density at radius 3 is 2.58 bits per heavy atom. The number of nitrogen functional groups attached to an aromatic ring is 1. The summed E-state index contributed by atoms with van der Waals surface area (Å²) in [5.74, 6) is 2.19. The molecule has 3 aromatic rings. The van der Waals surface area contributed by atoms with Gasteiger partial charge < -0.3 is 26.0 Å². The van der Waals surface area contributed by atoms with E-state index in [9.17, 15) is 4.79 Å². The third kappa shape index (κ3) is 5.55. The molecule has 0 atom stereocenters. The molecular formula is C28H40N8O2. The van der Waals surface area contributed by atoms with Crippen LogP contribution in [0.2, 0.25) is 0 Å². The first kappa shape index (κ1) is 26.2. The Bertz CT molecular complexity index is 1260. The Labute approximate surface area is 224 Å². The largest absolute Gasteiger partial charge is 0.496 e. The number of nitrogens with two attached hydrogens (primary N) is 1. The van der Waals surface area contributed by atoms with Gasteiger partial charge >= 0.3 is 0 Å². The zero-order valence-corrected chi connectivity index (χ0v) is 22.8. The third-order valence-electron chi connectivity index (χ3n) is 8.14. The van der Waals surface area contributed by atoms with E-state index in [2.05, 4.69) is 25.7 Å². The predicted octanol–water partition coefficient (Wildman–Crippen LogP) is 3.53. The lowest BCUT2D eigenvalue weighted by molar-refractivity contribution is -0.0185. The molecule has 3 aliphatic rings. The lowest BCUT2D eigenvalue weighted by Gasteiger charge is -2.54. The number of amides is 1. The molecule has 2 aliphatic carbocycles. The van der Waals surface area contributed by atoms with Crippen molar-refractivity contribution in [2.24, 2.45) is 11.3 Å². The van der Waals surface area contributed by atoms with Gasteiger partial charge in [-0.1, -0.05) is 12.5 Å². The number of nitrogens with zero attached hydrogens (tertiary/aromatic N) is 5. The molecular weight excluding hydrogens is 480 g/mol. The van der Waals surface area contributed by atoms with Crippen LogP contribution < -0.4 is 21.1 Å². The van der Waals surface area contributed by atoms with Crippen molar-refractivity contribution < 1.29 is 9.53 Å². The van der Waals surface area contributed by atoms with Gasteiger partial charge in [-0.2, -0.15) is 10.1 Å². The molecule has 0 bridgehead atoms. The number of fused-ring (bicyclic) bond motifs is 1. The standard InChI is InChI=1S/C24H31N7O2.C4H9N/c1-30(2)22(32)16-5-6-17(19(9-16)33-3)14-31-20-18(13-27-31)28-23(25)29-21(20)26-12-15-10-24(11-15)7-4-8-24;1-2-4-5-3-1/h5-6,9,13,15H,4,7-8,10-12,14H2,1-3H3,(H3,25,26,28,29);5H,1-4H2. The number of carbonyl (C=O) groups excluding carboxylic acids is 1. The number of hydrogen-bond acceptors (Lipinski definition) is 8. The van der Waals surface area contributed by atoms with Crippen molar-refractivity contribution in [2.45, 2.75) is 51.5 Å². The molecule has 1 saturated heterocycles. The summed E-state index contributed by atoms with van der Waals surface area (Å²) in [5.41, 5.74) is 9.62. The van der Waals surface area contributed by atoms with Crippen LogP contribution in [-0.4, -0.2) is 71.4 Å². The van der Waals surface area contributed by atoms with Gasteiger partial charge in [0, 0.05) is 31.8 Å². The van der Waals surface area contributed by atoms with Crippen LogP contribution in [0.15, 0.2) is 24.4 Å². The van der Waals surface area contributed by atoms with Crippen molar-refractivity contribution in [1.29, 1.82) is 0 Å². The van der Waals surface area contributed by atoms with E-state index in [1.165, 1.54) is 58.0 Å². The molecule has 0 unspecified atom stereocenters. The monoisotopic (exact) mass is 520 g/mol. The number of benzene rings is 1. The van der Waals surface area contributed by atoms with E-state index in [4.69, 9.17) is 10.5 Å². The van der Waals surface area contributed by atoms with Gasteiger partial charge in [0.2, 0.25) is 5.95 Å². The fourth-order valence-electron chi connectivity index (χ4n) is 5.95. The normalized spacial score (nSPS) is 17.9. The van der Waals surface area contributed by atoms with Crippen LogP contribution in [0, 0.1) is 11.3 Å². The summed E-state index contributed by atoms with van der Waals surface area (Å²) < 4.78 is 7.44. The molecule has 1 aromatic carbocycles. The number of carbonyl (C=O) groups is 1. The minimum absolute atomic E-state index is 0.0700. The van der Waals surface area contributed by atoms with Gasteiger partial charge in [0.15, 0.2) is 5.82 Å². The number of rotatable bonds is 7. The molecule has 3 heterocycles. The maximum Gasteiger partial charge on any atom is 0.253 e. The molecule has 204 valence electrons. The zero-order chi connectivity index (χ0) is 26.7. The Balaban J connectivity index is 0.000000529. The lowest BCUT2D eigenvalue weighted by Crippen LogP contribution is -2.45. The molecule has 2 aromatic heterocycles. The summed E-state index contributed by atoms with van der Waals surface area (Å²) in [7, 11) is 5.07. The van der Waals surface area contributed by atoms with Crippen LogP contribution in [0.3, 0.4) is 0 Å². The maximum atomic E-state index is 12.3. The molecule has 2 saturated carbocycles. The first-order valence-corrected chi connectivity index (χ1v) is 13.7. The van der Waals surface area contributed by atoms with Crippen LogP contribution >= 0.6 is 0 Å². The number of methoxy groups -OCH3 is 1. The number of nitrogens with one attached hydrogen (secondary N) is 2. The second-order valence-corrected chi connectivity index (χ2v) is 11.2. The lowest BCUT2D eigenvalue weighted by atomic mass is 9.52. The number of ether oxygens (including phenoxy) is 1. The van der Waals surface area contributed by atoms with E-state index >= 15 is 0 Å². The van der Waals surface area contributed by atoms with Crippen LogP contribution in [0.4, 0.5) is 11.8 Å². The van der Waals surface area contributed by atoms with Crippen molar-refractivity contribution in [1.82, 2.24) is 30.0 Å². The van der Waals surface area contributed by atoms with Gasteiger partial charge in [0.25, 0.3) is 5.91 Å². The summed E-state index contributed by atoms with van der Waals surface area (Å²) in [6, 6.07) is 5.48. The smallest absolute Gasteiger partial charge is 0.253 e. The quantitative estimate of drug-likeness (QED) is 0.432. The summed E-state index contributed by atoms with van der Waals surface area (Å²) >= 11 is 0. The molecule has 1 amide bonds. The fraction of sp³-hybridized carbons (Fsp3) is 0.571. The highest BCUT2D eigenvalue weighted by molar-refractivity contribution is 5.94. The molecule has 38 heavy (non-hydrogen) atoms. The molecule has 3 fully saturated rings. The zero-order valence-electron chi connectivity index (χ0n) is 22.8. The van der Waals surface area contributed by atoms with Gasteiger partial charge in [-0.25, -0.2) is 4.98 Å². The highest BCUT2D eigenvalue weighted by Crippen LogP contribution is 2.58. The summed E-state index contributed by atoms with van der Waals surface area (Å²) in [6.07, 6.45) is 11.3. The summed E-state index contributed by atoms with van der Waals surface area (Å²) in [6.45, 7) is 3.83. The van der Waals surface area contributed by atoms with Gasteiger partial charge in [-0.3, -0.25) is 9.48 Å². The van der Waals surface area contributed by atoms with Crippen LogP contribution in [-0.2, 0) is 6.54 Å². The number of aromatic nitrogens is 4. The minimum Gasteiger partial charge on any atom is -0.496 e. The number of hydrogen-bond donors (Lipinski definition) is 3. The van der Waals surface area contributed by atoms with E-state index in [1.807, 2.05) is 16.8 Å². The number of anilines is 2. The first-order chi connectivity index (χ1) is 18.4. The van der Waals surface area contributed by atoms with Crippen molar-refractivity contribution in [2.75, 3.05) is 51.9 Å². The topological polar surface area (TPSA) is 123 Å². The molecule has 1 aliphatic heterocycles. The van der Waals surface area contributed by atoms with Gasteiger partial charge in [-0.15, -0.1) is 0 Å². The van der Waals surface area contributed by atoms with Gasteiger partial charge in [0.05, 0.1) is 19.9 Å². The van der Waals surface area contributed by atoms with Crippen molar-refractivity contribution in [3.05, 3.63) is 35.5 Å². The van der Waals surface area contributed by atoms with Crippen LogP contribution in [0.5, 0.6) is 5.75 Å². The first-order valence-electron chi connectivity index (χ1n) is 13.7. The van der Waals surface area contributed by atoms with E-state index < -0.39 is 0 Å². The molecule has 10 nitrogen and oxygen atoms in total. The average molecular weight is 521 g/mol. The highest BCUT2D eigenvalue weighted by atomic mass is 16.5. The second-order valence-electron chi connectivity index (χ2n) is 11.2. The average Bonchev–Trinajstić information content (AvgIpc) is 3.56. The van der Waals surface area contributed by atoms with Gasteiger partial charge in [-0.05, 0) is 75.1 Å². The third-order valence-corrected chi connectivity index (χ3v) is 8.14. The second kappa shape index (κ2) is 11.1. The Morgan fingerprint density at radius 2 is 1.97 bits per heavy atom. The molecule has 10 heteroatoms. The minimum atomic E-state index is -0.0700. The SMILES string of the molecule is C1CCNC1.COc1cc(C(=O)N(C)C)ccc1Cn1ncc2nc(N)nc(NCC3CC4(CCC4)C3)c21. The fourth-order valence-corrected chi connectivity index (χ4v) is 5.95. The molecule has 4 N–H and O–H groups in total. The highest BCUT2D eigenvalue weighted by Gasteiger charge is 2.47. The van der Waals surface area contributed by atoms with Crippen molar-refractivity contribution >= 4 is 28.7 Å². The Morgan fingerprint density at radius 1 is 1.21 bits per heavy atom. The van der Waals surface area contributed by atoms with Crippen LogP contribution in [0.1, 0.15) is 60.9 Å². The summed E-state index contributed by atoms with van der Waals surface area (Å²) in [5, 5.41) is 11.3. The van der Waals surface area contributed by atoms with Crippen molar-refractivity contribution in [3.63, 3.8) is 0 Å².